The van der Waals surface area contributed by atoms with Crippen LogP contribution in [0.4, 0.5) is 0 Å². The van der Waals surface area contributed by atoms with Crippen LogP contribution in [0.15, 0.2) is 57.5 Å². The zero-order valence-corrected chi connectivity index (χ0v) is 19.0. The van der Waals surface area contributed by atoms with Crippen molar-refractivity contribution in [3.05, 3.63) is 68.6 Å². The van der Waals surface area contributed by atoms with Crippen molar-refractivity contribution in [2.75, 3.05) is 13.1 Å². The van der Waals surface area contributed by atoms with Crippen molar-refractivity contribution in [2.45, 2.75) is 38.5 Å². The Morgan fingerprint density at radius 1 is 0.607 bits per heavy atom. The second-order valence-corrected chi connectivity index (χ2v) is 8.55. The normalized spacial score (nSPS) is 10.5. The van der Waals surface area contributed by atoms with Gasteiger partial charge in [0.05, 0.1) is 12.8 Å². The lowest BCUT2D eigenvalue weighted by atomic mass is 10.1. The predicted molar refractivity (Wildman–Crippen MR) is 120 cm³/mol. The van der Waals surface area contributed by atoms with Gasteiger partial charge in [0, 0.05) is 22.0 Å². The molecule has 2 aromatic carbocycles. The molecule has 0 saturated heterocycles. The molecular formula is C22H26Br2N2O2. The van der Waals surface area contributed by atoms with Gasteiger partial charge in [-0.2, -0.15) is 0 Å². The first-order valence-corrected chi connectivity index (χ1v) is 11.1. The van der Waals surface area contributed by atoms with Crippen molar-refractivity contribution in [3.63, 3.8) is 0 Å². The van der Waals surface area contributed by atoms with Crippen LogP contribution in [0.2, 0.25) is 0 Å². The van der Waals surface area contributed by atoms with Crippen molar-refractivity contribution >= 4 is 43.7 Å². The molecule has 2 aromatic rings. The third kappa shape index (κ3) is 9.51. The molecule has 4 nitrogen and oxygen atoms in total. The minimum absolute atomic E-state index is 0.0579. The summed E-state index contributed by atoms with van der Waals surface area (Å²) in [6, 6.07) is 15.6. The van der Waals surface area contributed by atoms with E-state index in [9.17, 15) is 9.59 Å². The molecule has 0 fully saturated rings. The summed E-state index contributed by atoms with van der Waals surface area (Å²) in [5.41, 5.74) is 2.03. The number of rotatable bonds is 11. The van der Waals surface area contributed by atoms with Crippen LogP contribution in [0.1, 0.15) is 36.8 Å². The number of hydrogen-bond donors (Lipinski definition) is 2. The van der Waals surface area contributed by atoms with Gasteiger partial charge in [-0.1, -0.05) is 69.0 Å². The van der Waals surface area contributed by atoms with E-state index in [1.807, 2.05) is 48.5 Å². The number of carbonyl (C=O) groups is 2. The molecule has 0 aromatic heterocycles. The monoisotopic (exact) mass is 508 g/mol. The number of carbonyl (C=O) groups excluding carboxylic acids is 2. The Balaban J connectivity index is 1.45. The Morgan fingerprint density at radius 3 is 1.32 bits per heavy atom. The average Bonchev–Trinajstić information content (AvgIpc) is 2.67. The third-order valence-corrected chi connectivity index (χ3v) is 5.36. The van der Waals surface area contributed by atoms with E-state index in [4.69, 9.17) is 0 Å². The Labute approximate surface area is 183 Å². The topological polar surface area (TPSA) is 58.2 Å². The molecule has 2 amide bonds. The first-order valence-electron chi connectivity index (χ1n) is 9.55. The summed E-state index contributed by atoms with van der Waals surface area (Å²) in [6.07, 6.45) is 4.83. The minimum atomic E-state index is 0.0579. The summed E-state index contributed by atoms with van der Waals surface area (Å²) in [7, 11) is 0. The molecule has 2 N–H and O–H groups in total. The largest absolute Gasteiger partial charge is 0.356 e. The van der Waals surface area contributed by atoms with E-state index in [2.05, 4.69) is 42.5 Å². The van der Waals surface area contributed by atoms with Crippen LogP contribution in [-0.2, 0) is 22.4 Å². The standard InChI is InChI=1S/C22H26Br2N2O2/c23-19-9-5-17(6-10-19)15-21(27)25-13-3-1-2-4-14-26-22(28)16-18-7-11-20(24)12-8-18/h5-12H,1-4,13-16H2,(H,25,27)(H,26,28). The number of amides is 2. The zero-order chi connectivity index (χ0) is 20.2. The van der Waals surface area contributed by atoms with E-state index in [-0.39, 0.29) is 11.8 Å². The molecule has 0 spiro atoms. The highest BCUT2D eigenvalue weighted by Crippen LogP contribution is 2.11. The quantitative estimate of drug-likeness (QED) is 0.428. The maximum Gasteiger partial charge on any atom is 0.224 e. The first-order chi connectivity index (χ1) is 13.5. The average molecular weight is 510 g/mol. The minimum Gasteiger partial charge on any atom is -0.356 e. The lowest BCUT2D eigenvalue weighted by Gasteiger charge is -2.07. The van der Waals surface area contributed by atoms with Gasteiger partial charge in [0.25, 0.3) is 0 Å². The molecule has 0 aliphatic carbocycles. The van der Waals surface area contributed by atoms with E-state index in [0.29, 0.717) is 25.9 Å². The molecule has 0 bridgehead atoms. The molecule has 0 atom stereocenters. The number of halogens is 2. The highest BCUT2D eigenvalue weighted by atomic mass is 79.9. The van der Waals surface area contributed by atoms with Gasteiger partial charge in [0.2, 0.25) is 11.8 Å². The molecule has 2 rings (SSSR count). The number of nitrogens with one attached hydrogen (secondary N) is 2. The van der Waals surface area contributed by atoms with Crippen molar-refractivity contribution in [1.29, 1.82) is 0 Å². The van der Waals surface area contributed by atoms with Crippen LogP contribution >= 0.6 is 31.9 Å². The van der Waals surface area contributed by atoms with Gasteiger partial charge in [-0.25, -0.2) is 0 Å². The third-order valence-electron chi connectivity index (χ3n) is 4.30. The van der Waals surface area contributed by atoms with Gasteiger partial charge in [-0.15, -0.1) is 0 Å². The Hall–Kier alpha value is -1.66. The van der Waals surface area contributed by atoms with Crippen LogP contribution in [0.3, 0.4) is 0 Å². The smallest absolute Gasteiger partial charge is 0.224 e. The van der Waals surface area contributed by atoms with Crippen molar-refractivity contribution in [3.8, 4) is 0 Å². The van der Waals surface area contributed by atoms with E-state index >= 15 is 0 Å². The lowest BCUT2D eigenvalue weighted by molar-refractivity contribution is -0.121. The maximum absolute atomic E-state index is 11.9. The Kier molecular flexibility index (Phi) is 10.3. The summed E-state index contributed by atoms with van der Waals surface area (Å²) < 4.78 is 2.03. The fourth-order valence-electron chi connectivity index (χ4n) is 2.76. The molecule has 28 heavy (non-hydrogen) atoms. The van der Waals surface area contributed by atoms with Gasteiger partial charge in [0.1, 0.15) is 0 Å². The first kappa shape index (κ1) is 22.6. The Bertz CT molecular complexity index is 681. The molecule has 0 aliphatic heterocycles. The molecule has 0 unspecified atom stereocenters. The fourth-order valence-corrected chi connectivity index (χ4v) is 3.29. The van der Waals surface area contributed by atoms with Crippen LogP contribution in [0.5, 0.6) is 0 Å². The number of benzene rings is 2. The maximum atomic E-state index is 11.9. The van der Waals surface area contributed by atoms with E-state index in [1.54, 1.807) is 0 Å². The van der Waals surface area contributed by atoms with E-state index in [1.165, 1.54) is 0 Å². The van der Waals surface area contributed by atoms with Crippen LogP contribution in [0.25, 0.3) is 0 Å². The molecule has 0 aliphatic rings. The SMILES string of the molecule is O=C(Cc1ccc(Br)cc1)NCCCCCCNC(=O)Cc1ccc(Br)cc1. The summed E-state index contributed by atoms with van der Waals surface area (Å²) in [5, 5.41) is 5.92. The van der Waals surface area contributed by atoms with Gasteiger partial charge in [0.15, 0.2) is 0 Å². The van der Waals surface area contributed by atoms with Crippen LogP contribution in [0, 0.1) is 0 Å². The van der Waals surface area contributed by atoms with Crippen LogP contribution in [-0.4, -0.2) is 24.9 Å². The highest BCUT2D eigenvalue weighted by molar-refractivity contribution is 9.10. The van der Waals surface area contributed by atoms with Gasteiger partial charge in [-0.3, -0.25) is 9.59 Å². The van der Waals surface area contributed by atoms with Crippen molar-refractivity contribution in [1.82, 2.24) is 10.6 Å². The van der Waals surface area contributed by atoms with Gasteiger partial charge >= 0.3 is 0 Å². The van der Waals surface area contributed by atoms with Crippen molar-refractivity contribution < 1.29 is 9.59 Å². The molecular weight excluding hydrogens is 484 g/mol. The fraction of sp³-hybridized carbons (Fsp3) is 0.364. The van der Waals surface area contributed by atoms with E-state index < -0.39 is 0 Å². The summed E-state index contributed by atoms with van der Waals surface area (Å²) in [5.74, 6) is 0.116. The zero-order valence-electron chi connectivity index (χ0n) is 15.8. The number of hydrogen-bond acceptors (Lipinski definition) is 2. The van der Waals surface area contributed by atoms with Crippen LogP contribution < -0.4 is 10.6 Å². The predicted octanol–water partition coefficient (Wildman–Crippen LogP) is 4.79. The van der Waals surface area contributed by atoms with Crippen molar-refractivity contribution in [2.24, 2.45) is 0 Å². The molecule has 0 heterocycles. The van der Waals surface area contributed by atoms with Gasteiger partial charge < -0.3 is 10.6 Å². The number of unbranched alkanes of at least 4 members (excludes halogenated alkanes) is 3. The second-order valence-electron chi connectivity index (χ2n) is 6.72. The second kappa shape index (κ2) is 12.7. The van der Waals surface area contributed by atoms with E-state index in [0.717, 1.165) is 45.8 Å². The Morgan fingerprint density at radius 2 is 0.964 bits per heavy atom. The molecule has 0 saturated carbocycles. The summed E-state index contributed by atoms with van der Waals surface area (Å²) in [6.45, 7) is 1.40. The summed E-state index contributed by atoms with van der Waals surface area (Å²) in [4.78, 5) is 23.8. The lowest BCUT2D eigenvalue weighted by Crippen LogP contribution is -2.26. The van der Waals surface area contributed by atoms with Gasteiger partial charge in [-0.05, 0) is 48.2 Å². The molecule has 0 radical (unpaired) electrons. The molecule has 150 valence electrons. The summed E-state index contributed by atoms with van der Waals surface area (Å²) >= 11 is 6.78. The highest BCUT2D eigenvalue weighted by Gasteiger charge is 2.04. The molecule has 6 heteroatoms.